The lowest BCUT2D eigenvalue weighted by Crippen LogP contribution is -2.39. The Kier molecular flexibility index (Phi) is 7.51. The van der Waals surface area contributed by atoms with Gasteiger partial charge in [0.2, 0.25) is 0 Å². The summed E-state index contributed by atoms with van der Waals surface area (Å²) in [6, 6.07) is 6.17. The van der Waals surface area contributed by atoms with Gasteiger partial charge in [-0.1, -0.05) is 12.1 Å². The second-order valence-electron chi connectivity index (χ2n) is 4.65. The van der Waals surface area contributed by atoms with Crippen LogP contribution in [-0.4, -0.2) is 50.5 Å². The molecule has 0 saturated carbocycles. The SMILES string of the molecule is COCCN(CCOC)C(=S)Nc1cccc(C)c1C. The van der Waals surface area contributed by atoms with Crippen LogP contribution in [0.2, 0.25) is 0 Å². The van der Waals surface area contributed by atoms with Gasteiger partial charge in [0.05, 0.1) is 13.2 Å². The van der Waals surface area contributed by atoms with Crippen molar-refractivity contribution in [2.24, 2.45) is 0 Å². The summed E-state index contributed by atoms with van der Waals surface area (Å²) in [5, 5.41) is 4.02. The van der Waals surface area contributed by atoms with E-state index in [1.165, 1.54) is 11.1 Å². The van der Waals surface area contributed by atoms with Gasteiger partial charge < -0.3 is 19.7 Å². The van der Waals surface area contributed by atoms with Gasteiger partial charge >= 0.3 is 0 Å². The summed E-state index contributed by atoms with van der Waals surface area (Å²) < 4.78 is 10.3. The van der Waals surface area contributed by atoms with Crippen molar-refractivity contribution in [3.05, 3.63) is 29.3 Å². The monoisotopic (exact) mass is 296 g/mol. The first-order valence-electron chi connectivity index (χ1n) is 6.70. The molecular weight excluding hydrogens is 272 g/mol. The van der Waals surface area contributed by atoms with Gasteiger partial charge in [-0.15, -0.1) is 0 Å². The third-order valence-corrected chi connectivity index (χ3v) is 3.62. The van der Waals surface area contributed by atoms with E-state index in [0.717, 1.165) is 18.8 Å². The molecule has 0 aliphatic rings. The summed E-state index contributed by atoms with van der Waals surface area (Å²) in [6.07, 6.45) is 0. The molecule has 1 aromatic carbocycles. The van der Waals surface area contributed by atoms with Crippen molar-refractivity contribution in [1.29, 1.82) is 0 Å². The van der Waals surface area contributed by atoms with Gasteiger partial charge in [0, 0.05) is 33.0 Å². The van der Waals surface area contributed by atoms with Crippen molar-refractivity contribution in [2.75, 3.05) is 45.8 Å². The molecule has 0 radical (unpaired) electrons. The van der Waals surface area contributed by atoms with Crippen LogP contribution in [0.4, 0.5) is 5.69 Å². The van der Waals surface area contributed by atoms with E-state index in [2.05, 4.69) is 30.1 Å². The van der Waals surface area contributed by atoms with E-state index in [-0.39, 0.29) is 0 Å². The minimum Gasteiger partial charge on any atom is -0.383 e. The molecule has 112 valence electrons. The topological polar surface area (TPSA) is 33.7 Å². The maximum Gasteiger partial charge on any atom is 0.173 e. The molecule has 0 aliphatic carbocycles. The number of thiocarbonyl (C=S) groups is 1. The lowest BCUT2D eigenvalue weighted by Gasteiger charge is -2.26. The molecular formula is C15H24N2O2S. The number of ether oxygens (including phenoxy) is 2. The number of hydrogen-bond donors (Lipinski definition) is 1. The molecule has 1 N–H and O–H groups in total. The van der Waals surface area contributed by atoms with Crippen LogP contribution in [0.5, 0.6) is 0 Å². The fourth-order valence-corrected chi connectivity index (χ4v) is 2.09. The number of hydrogen-bond acceptors (Lipinski definition) is 3. The Morgan fingerprint density at radius 1 is 1.15 bits per heavy atom. The number of nitrogens with one attached hydrogen (secondary N) is 1. The summed E-state index contributed by atoms with van der Waals surface area (Å²) in [6.45, 7) is 6.95. The first-order chi connectivity index (χ1) is 9.60. The third kappa shape index (κ3) is 5.07. The number of anilines is 1. The van der Waals surface area contributed by atoms with Crippen molar-refractivity contribution in [3.63, 3.8) is 0 Å². The molecule has 0 fully saturated rings. The fourth-order valence-electron chi connectivity index (χ4n) is 1.80. The lowest BCUT2D eigenvalue weighted by molar-refractivity contribution is 0.147. The van der Waals surface area contributed by atoms with Crippen LogP contribution in [-0.2, 0) is 9.47 Å². The fraction of sp³-hybridized carbons (Fsp3) is 0.533. The van der Waals surface area contributed by atoms with Gasteiger partial charge in [-0.3, -0.25) is 0 Å². The normalized spacial score (nSPS) is 10.4. The van der Waals surface area contributed by atoms with Crippen molar-refractivity contribution in [1.82, 2.24) is 4.90 Å². The Balaban J connectivity index is 2.71. The standard InChI is InChI=1S/C15H24N2O2S/c1-12-6-5-7-14(13(12)2)16-15(20)17(8-10-18-3)9-11-19-4/h5-7H,8-11H2,1-4H3,(H,16,20). The van der Waals surface area contributed by atoms with Gasteiger partial charge in [0.15, 0.2) is 5.11 Å². The highest BCUT2D eigenvalue weighted by atomic mass is 32.1. The van der Waals surface area contributed by atoms with Crippen molar-refractivity contribution in [3.8, 4) is 0 Å². The van der Waals surface area contributed by atoms with E-state index in [1.807, 2.05) is 12.1 Å². The van der Waals surface area contributed by atoms with Gasteiger partial charge in [-0.25, -0.2) is 0 Å². The van der Waals surface area contributed by atoms with E-state index in [0.29, 0.717) is 18.3 Å². The Hall–Kier alpha value is -1.17. The van der Waals surface area contributed by atoms with Crippen LogP contribution in [0.15, 0.2) is 18.2 Å². The molecule has 0 amide bonds. The summed E-state index contributed by atoms with van der Waals surface area (Å²) in [5.74, 6) is 0. The van der Waals surface area contributed by atoms with E-state index in [4.69, 9.17) is 21.7 Å². The molecule has 0 aliphatic heterocycles. The van der Waals surface area contributed by atoms with E-state index >= 15 is 0 Å². The van der Waals surface area contributed by atoms with Crippen LogP contribution in [0.3, 0.4) is 0 Å². The molecule has 0 unspecified atom stereocenters. The first kappa shape index (κ1) is 16.9. The molecule has 0 bridgehead atoms. The Morgan fingerprint density at radius 3 is 2.30 bits per heavy atom. The van der Waals surface area contributed by atoms with E-state index < -0.39 is 0 Å². The first-order valence-corrected chi connectivity index (χ1v) is 7.11. The van der Waals surface area contributed by atoms with Crippen molar-refractivity contribution >= 4 is 23.0 Å². The molecule has 20 heavy (non-hydrogen) atoms. The summed E-state index contributed by atoms with van der Waals surface area (Å²) in [7, 11) is 3.38. The van der Waals surface area contributed by atoms with Crippen LogP contribution >= 0.6 is 12.2 Å². The van der Waals surface area contributed by atoms with Crippen molar-refractivity contribution < 1.29 is 9.47 Å². The summed E-state index contributed by atoms with van der Waals surface area (Å²) >= 11 is 5.49. The smallest absolute Gasteiger partial charge is 0.173 e. The number of rotatable bonds is 7. The Bertz CT molecular complexity index is 430. The summed E-state index contributed by atoms with van der Waals surface area (Å²) in [5.41, 5.74) is 3.52. The highest BCUT2D eigenvalue weighted by Gasteiger charge is 2.10. The maximum atomic E-state index is 5.49. The second kappa shape index (κ2) is 8.89. The molecule has 0 heterocycles. The van der Waals surface area contributed by atoms with Crippen LogP contribution < -0.4 is 5.32 Å². The van der Waals surface area contributed by atoms with E-state index in [1.54, 1.807) is 14.2 Å². The zero-order chi connectivity index (χ0) is 15.0. The van der Waals surface area contributed by atoms with Crippen LogP contribution in [0.25, 0.3) is 0 Å². The van der Waals surface area contributed by atoms with Crippen LogP contribution in [0, 0.1) is 13.8 Å². The minimum atomic E-state index is 0.637. The number of aryl methyl sites for hydroxylation is 1. The van der Waals surface area contributed by atoms with E-state index in [9.17, 15) is 0 Å². The molecule has 4 nitrogen and oxygen atoms in total. The van der Waals surface area contributed by atoms with Gasteiger partial charge in [0.25, 0.3) is 0 Å². The molecule has 0 spiro atoms. The molecule has 0 aromatic heterocycles. The molecule has 5 heteroatoms. The lowest BCUT2D eigenvalue weighted by atomic mass is 10.1. The van der Waals surface area contributed by atoms with Gasteiger partial charge in [0.1, 0.15) is 0 Å². The molecule has 0 atom stereocenters. The number of methoxy groups -OCH3 is 2. The highest BCUT2D eigenvalue weighted by molar-refractivity contribution is 7.80. The minimum absolute atomic E-state index is 0.637. The molecule has 1 rings (SSSR count). The van der Waals surface area contributed by atoms with Crippen LogP contribution in [0.1, 0.15) is 11.1 Å². The number of nitrogens with zero attached hydrogens (tertiary/aromatic N) is 1. The van der Waals surface area contributed by atoms with Gasteiger partial charge in [-0.2, -0.15) is 0 Å². The summed E-state index contributed by atoms with van der Waals surface area (Å²) in [4.78, 5) is 2.06. The molecule has 1 aromatic rings. The Labute approximate surface area is 127 Å². The Morgan fingerprint density at radius 2 is 1.75 bits per heavy atom. The zero-order valence-electron chi connectivity index (χ0n) is 12.7. The van der Waals surface area contributed by atoms with Crippen molar-refractivity contribution in [2.45, 2.75) is 13.8 Å². The average molecular weight is 296 g/mol. The quantitative estimate of drug-likeness (QED) is 0.782. The zero-order valence-corrected chi connectivity index (χ0v) is 13.5. The maximum absolute atomic E-state index is 5.49. The largest absolute Gasteiger partial charge is 0.383 e. The second-order valence-corrected chi connectivity index (χ2v) is 5.04. The predicted octanol–water partition coefficient (Wildman–Crippen LogP) is 2.60. The van der Waals surface area contributed by atoms with Gasteiger partial charge in [-0.05, 0) is 43.3 Å². The average Bonchev–Trinajstić information content (AvgIpc) is 2.44. The number of benzene rings is 1. The highest BCUT2D eigenvalue weighted by Crippen LogP contribution is 2.18. The third-order valence-electron chi connectivity index (χ3n) is 3.26. The molecule has 0 saturated heterocycles. The predicted molar refractivity (Wildman–Crippen MR) is 87.5 cm³/mol.